The molecule has 79 heavy (non-hydrogen) atoms. The number of esters is 3. The molecule has 0 amide bonds. The molecule has 0 spiro atoms. The predicted octanol–water partition coefficient (Wildman–Crippen LogP) is 16.9. The van der Waals surface area contributed by atoms with Gasteiger partial charge in [-0.25, -0.2) is 4.79 Å². The highest BCUT2D eigenvalue weighted by Crippen LogP contribution is 2.27. The number of carboxylic acid groups (broad SMARTS) is 1. The highest BCUT2D eigenvalue weighted by atomic mass is 16.7. The Balaban J connectivity index is 2.68. The van der Waals surface area contributed by atoms with Crippen LogP contribution in [-0.2, 0) is 42.9 Å². The maximum absolute atomic E-state index is 13.2. The van der Waals surface area contributed by atoms with Crippen molar-refractivity contribution in [3.8, 4) is 0 Å². The fraction of sp³-hybridized carbons (Fsp3) is 0.761. The lowest BCUT2D eigenvalue weighted by Crippen LogP contribution is -2.61. The second-order valence-corrected chi connectivity index (χ2v) is 21.7. The highest BCUT2D eigenvalue weighted by molar-refractivity contribution is 5.74. The molecule has 1 aliphatic rings. The number of carbonyl (C=O) groups is 4. The molecule has 6 unspecified atom stereocenters. The Hall–Kier alpha value is -3.84. The van der Waals surface area contributed by atoms with Gasteiger partial charge >= 0.3 is 23.9 Å². The van der Waals surface area contributed by atoms with E-state index in [1.807, 2.05) is 0 Å². The summed E-state index contributed by atoms with van der Waals surface area (Å²) >= 11 is 0. The lowest BCUT2D eigenvalue weighted by Gasteiger charge is -2.40. The van der Waals surface area contributed by atoms with Crippen molar-refractivity contribution in [3.05, 3.63) is 72.9 Å². The van der Waals surface area contributed by atoms with Crippen molar-refractivity contribution in [1.82, 2.24) is 0 Å². The summed E-state index contributed by atoms with van der Waals surface area (Å²) < 4.78 is 28.5. The number of allylic oxidation sites excluding steroid dienone is 12. The van der Waals surface area contributed by atoms with E-state index in [0.29, 0.717) is 19.3 Å². The van der Waals surface area contributed by atoms with Gasteiger partial charge in [-0.15, -0.1) is 0 Å². The largest absolute Gasteiger partial charge is 0.479 e. The molecular weight excluding hydrogens is 997 g/mol. The van der Waals surface area contributed by atoms with E-state index in [2.05, 4.69) is 93.7 Å². The third-order valence-electron chi connectivity index (χ3n) is 14.3. The zero-order chi connectivity index (χ0) is 57.5. The van der Waals surface area contributed by atoms with Crippen LogP contribution in [0.25, 0.3) is 0 Å². The molecule has 0 aromatic carbocycles. The number of ether oxygens (including phenoxy) is 5. The second-order valence-electron chi connectivity index (χ2n) is 21.7. The van der Waals surface area contributed by atoms with Crippen molar-refractivity contribution < 1.29 is 58.2 Å². The fourth-order valence-electron chi connectivity index (χ4n) is 9.39. The molecule has 3 N–H and O–H groups in total. The number of carboxylic acids is 1. The Morgan fingerprint density at radius 3 is 1.27 bits per heavy atom. The van der Waals surface area contributed by atoms with Gasteiger partial charge in [0, 0.05) is 19.3 Å². The summed E-state index contributed by atoms with van der Waals surface area (Å²) in [6.45, 7) is 5.84. The number of rotatable bonds is 54. The Morgan fingerprint density at radius 1 is 0.430 bits per heavy atom. The molecule has 0 saturated carbocycles. The molecule has 12 nitrogen and oxygen atoms in total. The molecular formula is C67H114O12. The molecule has 1 heterocycles. The summed E-state index contributed by atoms with van der Waals surface area (Å²) in [5, 5.41) is 31.6. The summed E-state index contributed by atoms with van der Waals surface area (Å²) in [5.41, 5.74) is 0. The van der Waals surface area contributed by atoms with Crippen molar-refractivity contribution in [1.29, 1.82) is 0 Å². The van der Waals surface area contributed by atoms with Gasteiger partial charge in [-0.1, -0.05) is 241 Å². The average molecular weight is 1110 g/mol. The van der Waals surface area contributed by atoms with Gasteiger partial charge in [0.25, 0.3) is 0 Å². The van der Waals surface area contributed by atoms with E-state index in [0.717, 1.165) is 103 Å². The van der Waals surface area contributed by atoms with Crippen molar-refractivity contribution >= 4 is 23.9 Å². The van der Waals surface area contributed by atoms with Gasteiger partial charge in [0.2, 0.25) is 0 Å². The molecule has 0 bridgehead atoms. The maximum atomic E-state index is 13.2. The smallest absolute Gasteiger partial charge is 0.335 e. The van der Waals surface area contributed by atoms with Crippen LogP contribution in [0.15, 0.2) is 72.9 Å². The summed E-state index contributed by atoms with van der Waals surface area (Å²) in [7, 11) is 0. The van der Waals surface area contributed by atoms with Crippen LogP contribution in [0.1, 0.15) is 278 Å². The monoisotopic (exact) mass is 1110 g/mol. The van der Waals surface area contributed by atoms with Gasteiger partial charge in [0.05, 0.1) is 6.61 Å². The molecule has 1 rings (SSSR count). The molecule has 1 aliphatic heterocycles. The molecule has 1 fully saturated rings. The van der Waals surface area contributed by atoms with E-state index in [1.54, 1.807) is 0 Å². The normalized spacial score (nSPS) is 18.3. The number of hydrogen-bond donors (Lipinski definition) is 3. The van der Waals surface area contributed by atoms with Crippen LogP contribution in [0.5, 0.6) is 0 Å². The molecule has 0 aromatic heterocycles. The first-order valence-corrected chi connectivity index (χ1v) is 31.9. The van der Waals surface area contributed by atoms with Crippen LogP contribution < -0.4 is 0 Å². The molecule has 12 heteroatoms. The summed E-state index contributed by atoms with van der Waals surface area (Å²) in [6, 6.07) is 0. The predicted molar refractivity (Wildman–Crippen MR) is 322 cm³/mol. The standard InChI is InChI=1S/C67H114O12/c1-4-7-10-13-16-19-22-25-28-30-33-35-38-41-44-47-50-53-59(68)75-56-58(77-60(69)54-51-48-45-42-39-36-32-27-24-21-18-15-12-9-6-3)57-76-67-65(63(72)62(71)64(79-67)66(73)74)78-61(70)55-52-49-46-43-40-37-34-31-29-26-23-20-17-14-11-8-5-2/h9,12,16,18-19,21,25,27-28,32,39,42,58,62-65,67,71-72H,4-8,10-11,13-15,17,20,22-24,26,29-31,33-38,40-41,43-57H2,1-3H3,(H,73,74)/b12-9-,19-16-,21-18-,28-25-,32-27-,42-39-. The Kier molecular flexibility index (Phi) is 50.7. The lowest BCUT2D eigenvalue weighted by molar-refractivity contribution is -0.301. The van der Waals surface area contributed by atoms with Gasteiger partial charge in [-0.05, 0) is 89.9 Å². The number of carbonyl (C=O) groups excluding carboxylic acids is 3. The van der Waals surface area contributed by atoms with Gasteiger partial charge < -0.3 is 39.0 Å². The first-order chi connectivity index (χ1) is 38.6. The van der Waals surface area contributed by atoms with E-state index in [9.17, 15) is 34.5 Å². The minimum absolute atomic E-state index is 0.0566. The van der Waals surface area contributed by atoms with Crippen LogP contribution in [0, 0.1) is 0 Å². The Labute approximate surface area is 480 Å². The second kappa shape index (κ2) is 54.7. The summed E-state index contributed by atoms with van der Waals surface area (Å²) in [6.07, 6.45) is 57.2. The minimum Gasteiger partial charge on any atom is -0.479 e. The zero-order valence-electron chi connectivity index (χ0n) is 50.1. The molecule has 0 aliphatic carbocycles. The maximum Gasteiger partial charge on any atom is 0.335 e. The van der Waals surface area contributed by atoms with E-state index in [1.165, 1.54) is 116 Å². The number of hydrogen-bond acceptors (Lipinski definition) is 11. The van der Waals surface area contributed by atoms with Gasteiger partial charge in [0.1, 0.15) is 18.8 Å². The average Bonchev–Trinajstić information content (AvgIpc) is 3.46. The molecule has 1 saturated heterocycles. The van der Waals surface area contributed by atoms with Gasteiger partial charge in [-0.3, -0.25) is 14.4 Å². The van der Waals surface area contributed by atoms with Crippen molar-refractivity contribution in [2.45, 2.75) is 314 Å². The van der Waals surface area contributed by atoms with E-state index in [4.69, 9.17) is 23.7 Å². The van der Waals surface area contributed by atoms with E-state index in [-0.39, 0.29) is 25.9 Å². The van der Waals surface area contributed by atoms with Crippen molar-refractivity contribution in [2.75, 3.05) is 13.2 Å². The quantitative estimate of drug-likeness (QED) is 0.0228. The minimum atomic E-state index is -1.91. The van der Waals surface area contributed by atoms with Crippen molar-refractivity contribution in [2.24, 2.45) is 0 Å². The summed E-state index contributed by atoms with van der Waals surface area (Å²) in [5.74, 6) is -3.17. The number of aliphatic hydroxyl groups excluding tert-OH is 2. The van der Waals surface area contributed by atoms with Crippen molar-refractivity contribution in [3.63, 3.8) is 0 Å². The first kappa shape index (κ1) is 73.2. The highest BCUT2D eigenvalue weighted by Gasteiger charge is 2.50. The van der Waals surface area contributed by atoms with E-state index < -0.39 is 67.3 Å². The number of aliphatic hydroxyl groups is 2. The van der Waals surface area contributed by atoms with Crippen LogP contribution >= 0.6 is 0 Å². The molecule has 6 atom stereocenters. The molecule has 0 aromatic rings. The third kappa shape index (κ3) is 44.5. The SMILES string of the molecule is CC/C=C\C/C=C\C/C=C\C/C=C\CCCCC(=O)OC(COC(=O)CCCCCCCCC/C=C\C/C=C\CCCCC)COC1OC(C(=O)O)C(O)C(O)C1OC(=O)CCCCCCCCCCCCCCCCCCC. The van der Waals surface area contributed by atoms with Crippen LogP contribution in [0.4, 0.5) is 0 Å². The number of unbranched alkanes of at least 4 members (excludes halogenated alkanes) is 28. The van der Waals surface area contributed by atoms with Crippen LogP contribution in [-0.4, -0.2) is 89.2 Å². The molecule has 454 valence electrons. The number of aliphatic carboxylic acids is 1. The Morgan fingerprint density at radius 2 is 0.797 bits per heavy atom. The zero-order valence-corrected chi connectivity index (χ0v) is 50.1. The van der Waals surface area contributed by atoms with Crippen LogP contribution in [0.2, 0.25) is 0 Å². The lowest BCUT2D eigenvalue weighted by atomic mass is 9.98. The van der Waals surface area contributed by atoms with E-state index >= 15 is 0 Å². The van der Waals surface area contributed by atoms with Crippen LogP contribution in [0.3, 0.4) is 0 Å². The van der Waals surface area contributed by atoms with Gasteiger partial charge in [-0.2, -0.15) is 0 Å². The Bertz CT molecular complexity index is 1650. The summed E-state index contributed by atoms with van der Waals surface area (Å²) in [4.78, 5) is 51.3. The fourth-order valence-corrected chi connectivity index (χ4v) is 9.39. The third-order valence-corrected chi connectivity index (χ3v) is 14.3. The molecule has 0 radical (unpaired) electrons. The topological polar surface area (TPSA) is 175 Å². The van der Waals surface area contributed by atoms with Gasteiger partial charge in [0.15, 0.2) is 24.6 Å². The first-order valence-electron chi connectivity index (χ1n) is 31.9.